The molecule has 0 aliphatic carbocycles. The van der Waals surface area contributed by atoms with Crippen LogP contribution in [-0.2, 0) is 0 Å². The molecule has 0 spiro atoms. The van der Waals surface area contributed by atoms with Crippen molar-refractivity contribution in [3.8, 4) is 0 Å². The van der Waals surface area contributed by atoms with E-state index in [-0.39, 0.29) is 0 Å². The van der Waals surface area contributed by atoms with Crippen molar-refractivity contribution in [1.29, 1.82) is 0 Å². The van der Waals surface area contributed by atoms with Crippen molar-refractivity contribution in [3.05, 3.63) is 35.7 Å². The second kappa shape index (κ2) is 6.61. The van der Waals surface area contributed by atoms with Crippen LogP contribution in [0.4, 0.5) is 0 Å². The molecular formula is C12H16N4. The second-order valence-corrected chi connectivity index (χ2v) is 3.29. The van der Waals surface area contributed by atoms with Gasteiger partial charge in [0.05, 0.1) is 5.69 Å². The average Bonchev–Trinajstić information content (AvgIpc) is 2.35. The number of pyridine rings is 1. The van der Waals surface area contributed by atoms with Crippen LogP contribution in [0.3, 0.4) is 0 Å². The minimum Gasteiger partial charge on any atom is -0.275 e. The third kappa shape index (κ3) is 3.38. The van der Waals surface area contributed by atoms with Crippen LogP contribution in [0.15, 0.2) is 45.2 Å². The smallest absolute Gasteiger partial charge is 0.132 e. The van der Waals surface area contributed by atoms with Gasteiger partial charge in [0.1, 0.15) is 12.0 Å². The molecule has 4 heteroatoms. The number of allylic oxidation sites excluding steroid dienone is 1. The monoisotopic (exact) mass is 216 g/mol. The molecule has 0 unspecified atom stereocenters. The van der Waals surface area contributed by atoms with E-state index in [9.17, 15) is 0 Å². The largest absolute Gasteiger partial charge is 0.275 e. The van der Waals surface area contributed by atoms with Gasteiger partial charge in [0.15, 0.2) is 0 Å². The molecule has 0 aromatic carbocycles. The summed E-state index contributed by atoms with van der Waals surface area (Å²) in [4.78, 5) is 8.03. The number of azo groups is 1. The highest BCUT2D eigenvalue weighted by Crippen LogP contribution is 2.20. The second-order valence-electron chi connectivity index (χ2n) is 3.29. The lowest BCUT2D eigenvalue weighted by molar-refractivity contribution is 1.07. The van der Waals surface area contributed by atoms with E-state index < -0.39 is 0 Å². The normalized spacial score (nSPS) is 13.4. The molecule has 0 radical (unpaired) electrons. The summed E-state index contributed by atoms with van der Waals surface area (Å²) in [5.74, 6) is 0. The van der Waals surface area contributed by atoms with Gasteiger partial charge in [-0.15, -0.1) is 10.2 Å². The molecule has 84 valence electrons. The van der Waals surface area contributed by atoms with Crippen LogP contribution in [0.1, 0.15) is 26.0 Å². The molecule has 0 saturated carbocycles. The molecule has 0 aliphatic rings. The summed E-state index contributed by atoms with van der Waals surface area (Å²) >= 11 is 0. The molecule has 0 N–H and O–H groups in total. The Balaban J connectivity index is 3.08. The van der Waals surface area contributed by atoms with Gasteiger partial charge in [0.25, 0.3) is 0 Å². The summed E-state index contributed by atoms with van der Waals surface area (Å²) < 4.78 is 0. The highest BCUT2D eigenvalue weighted by Gasteiger charge is 2.04. The standard InChI is InChI=1S/C12H16N4/c1-4-10(2)12(16-15-9-13-3)11-7-5-6-8-14-11/h5-9H,4H2,1-3H3/b12-10-,13-9?,16-15?. The van der Waals surface area contributed by atoms with Crippen molar-refractivity contribution in [3.63, 3.8) is 0 Å². The fourth-order valence-corrected chi connectivity index (χ4v) is 1.16. The number of hydrogen-bond acceptors (Lipinski definition) is 3. The first-order valence-corrected chi connectivity index (χ1v) is 5.22. The number of rotatable bonds is 4. The Bertz CT molecular complexity index is 404. The molecule has 0 amide bonds. The third-order valence-corrected chi connectivity index (χ3v) is 2.17. The molecular weight excluding hydrogens is 200 g/mol. The van der Waals surface area contributed by atoms with Gasteiger partial charge in [-0.3, -0.25) is 9.98 Å². The maximum atomic E-state index is 4.27. The first kappa shape index (κ1) is 12.2. The lowest BCUT2D eigenvalue weighted by Crippen LogP contribution is -1.89. The molecule has 1 aromatic heterocycles. The van der Waals surface area contributed by atoms with Crippen molar-refractivity contribution in [2.45, 2.75) is 20.3 Å². The van der Waals surface area contributed by atoms with E-state index in [2.05, 4.69) is 27.1 Å². The Morgan fingerprint density at radius 2 is 2.25 bits per heavy atom. The Morgan fingerprint density at radius 1 is 1.44 bits per heavy atom. The van der Waals surface area contributed by atoms with E-state index in [0.717, 1.165) is 23.4 Å². The number of aliphatic imine (C=N–C) groups is 1. The van der Waals surface area contributed by atoms with E-state index in [1.54, 1.807) is 13.2 Å². The average molecular weight is 216 g/mol. The van der Waals surface area contributed by atoms with Crippen LogP contribution in [0.2, 0.25) is 0 Å². The van der Waals surface area contributed by atoms with Crippen molar-refractivity contribution in [2.75, 3.05) is 7.05 Å². The SMILES string of the molecule is CC/C(C)=C(\N=NC=NC)c1ccccn1. The van der Waals surface area contributed by atoms with E-state index in [1.807, 2.05) is 25.1 Å². The zero-order valence-corrected chi connectivity index (χ0v) is 9.88. The highest BCUT2D eigenvalue weighted by molar-refractivity contribution is 5.65. The highest BCUT2D eigenvalue weighted by atomic mass is 15.1. The molecule has 16 heavy (non-hydrogen) atoms. The zero-order chi connectivity index (χ0) is 11.8. The maximum Gasteiger partial charge on any atom is 0.132 e. The van der Waals surface area contributed by atoms with Gasteiger partial charge in [-0.05, 0) is 31.1 Å². The lowest BCUT2D eigenvalue weighted by atomic mass is 10.1. The molecule has 4 nitrogen and oxygen atoms in total. The Labute approximate surface area is 95.9 Å². The van der Waals surface area contributed by atoms with Gasteiger partial charge in [0.2, 0.25) is 0 Å². The van der Waals surface area contributed by atoms with E-state index in [0.29, 0.717) is 0 Å². The molecule has 1 rings (SSSR count). The summed E-state index contributed by atoms with van der Waals surface area (Å²) in [7, 11) is 1.66. The van der Waals surface area contributed by atoms with Gasteiger partial charge in [-0.1, -0.05) is 13.0 Å². The predicted molar refractivity (Wildman–Crippen MR) is 66.4 cm³/mol. The molecule has 0 atom stereocenters. The summed E-state index contributed by atoms with van der Waals surface area (Å²) in [6.45, 7) is 4.12. The Kier molecular flexibility index (Phi) is 5.05. The van der Waals surface area contributed by atoms with Crippen molar-refractivity contribution in [1.82, 2.24) is 4.98 Å². The van der Waals surface area contributed by atoms with Gasteiger partial charge < -0.3 is 0 Å². The van der Waals surface area contributed by atoms with Crippen LogP contribution in [0, 0.1) is 0 Å². The van der Waals surface area contributed by atoms with Gasteiger partial charge in [-0.2, -0.15) is 0 Å². The predicted octanol–water partition coefficient (Wildman–Crippen LogP) is 3.33. The van der Waals surface area contributed by atoms with Gasteiger partial charge >= 0.3 is 0 Å². The number of aromatic nitrogens is 1. The molecule has 0 aliphatic heterocycles. The van der Waals surface area contributed by atoms with E-state index in [1.165, 1.54) is 6.34 Å². The van der Waals surface area contributed by atoms with Gasteiger partial charge in [0, 0.05) is 13.2 Å². The molecule has 1 aromatic rings. The molecule has 0 bridgehead atoms. The van der Waals surface area contributed by atoms with Crippen LogP contribution >= 0.6 is 0 Å². The molecule has 1 heterocycles. The van der Waals surface area contributed by atoms with E-state index >= 15 is 0 Å². The fraction of sp³-hybridized carbons (Fsp3) is 0.333. The van der Waals surface area contributed by atoms with Crippen LogP contribution in [0.25, 0.3) is 5.70 Å². The topological polar surface area (TPSA) is 50.0 Å². The number of nitrogens with zero attached hydrogens (tertiary/aromatic N) is 4. The first-order valence-electron chi connectivity index (χ1n) is 5.22. The Hall–Kier alpha value is -1.84. The fourth-order valence-electron chi connectivity index (χ4n) is 1.16. The Morgan fingerprint density at radius 3 is 2.81 bits per heavy atom. The van der Waals surface area contributed by atoms with Gasteiger partial charge in [-0.25, -0.2) is 0 Å². The van der Waals surface area contributed by atoms with E-state index in [4.69, 9.17) is 0 Å². The van der Waals surface area contributed by atoms with Crippen LogP contribution in [-0.4, -0.2) is 18.4 Å². The minimum absolute atomic E-state index is 0.822. The lowest BCUT2D eigenvalue weighted by Gasteiger charge is -2.03. The van der Waals surface area contributed by atoms with Crippen LogP contribution in [0.5, 0.6) is 0 Å². The maximum absolute atomic E-state index is 4.27. The quantitative estimate of drug-likeness (QED) is 0.432. The van der Waals surface area contributed by atoms with Crippen molar-refractivity contribution in [2.24, 2.45) is 15.2 Å². The zero-order valence-electron chi connectivity index (χ0n) is 9.88. The molecule has 0 fully saturated rings. The number of hydrogen-bond donors (Lipinski definition) is 0. The minimum atomic E-state index is 0.822. The van der Waals surface area contributed by atoms with Crippen molar-refractivity contribution < 1.29 is 0 Å². The molecule has 0 saturated heterocycles. The summed E-state index contributed by atoms with van der Waals surface area (Å²) in [6.07, 6.45) is 4.10. The van der Waals surface area contributed by atoms with Crippen LogP contribution < -0.4 is 0 Å². The summed E-state index contributed by atoms with van der Waals surface area (Å²) in [5, 5.41) is 8.02. The first-order chi connectivity index (χ1) is 7.79. The van der Waals surface area contributed by atoms with Crippen molar-refractivity contribution >= 4 is 12.0 Å². The summed E-state index contributed by atoms with van der Waals surface area (Å²) in [5.41, 5.74) is 2.82. The third-order valence-electron chi connectivity index (χ3n) is 2.17. The summed E-state index contributed by atoms with van der Waals surface area (Å²) in [6, 6.07) is 5.75.